The van der Waals surface area contributed by atoms with Crippen LogP contribution in [-0.4, -0.2) is 47.1 Å². The van der Waals surface area contributed by atoms with Gasteiger partial charge < -0.3 is 20.7 Å². The van der Waals surface area contributed by atoms with Crippen molar-refractivity contribution in [2.24, 2.45) is 5.92 Å². The van der Waals surface area contributed by atoms with Crippen LogP contribution < -0.4 is 20.7 Å². The van der Waals surface area contributed by atoms with Gasteiger partial charge in [-0.05, 0) is 19.8 Å². The van der Waals surface area contributed by atoms with E-state index >= 15 is 0 Å². The highest BCUT2D eigenvalue weighted by molar-refractivity contribution is 5.83. The monoisotopic (exact) mass is 296 g/mol. The van der Waals surface area contributed by atoms with Crippen molar-refractivity contribution in [2.75, 3.05) is 30.8 Å². The maximum absolute atomic E-state index is 11.9. The highest BCUT2D eigenvalue weighted by Gasteiger charge is 2.15. The Hall–Kier alpha value is -2.12. The van der Waals surface area contributed by atoms with Crippen molar-refractivity contribution in [3.05, 3.63) is 0 Å². The van der Waals surface area contributed by atoms with Gasteiger partial charge in [0.2, 0.25) is 17.8 Å². The molecule has 0 radical (unpaired) electrons. The number of carbonyl (C=O) groups excluding carboxylic acids is 1. The third-order valence-electron chi connectivity index (χ3n) is 2.54. The predicted molar refractivity (Wildman–Crippen MR) is 81.5 cm³/mol. The summed E-state index contributed by atoms with van der Waals surface area (Å²) in [6.07, 6.45) is 0. The maximum atomic E-state index is 11.9. The molecule has 0 saturated heterocycles. The summed E-state index contributed by atoms with van der Waals surface area (Å²) in [5, 5.41) is 8.62. The minimum Gasteiger partial charge on any atom is -0.464 e. The Kier molecular flexibility index (Phi) is 6.64. The molecule has 0 spiro atoms. The van der Waals surface area contributed by atoms with Crippen molar-refractivity contribution >= 4 is 17.8 Å². The Labute approximate surface area is 125 Å². The number of ether oxygens (including phenoxy) is 1. The van der Waals surface area contributed by atoms with Gasteiger partial charge in [-0.25, -0.2) is 0 Å². The van der Waals surface area contributed by atoms with Crippen LogP contribution in [0.1, 0.15) is 27.7 Å². The lowest BCUT2D eigenvalue weighted by Gasteiger charge is -2.15. The highest BCUT2D eigenvalue weighted by atomic mass is 16.5. The third kappa shape index (κ3) is 5.80. The molecule has 0 bridgehead atoms. The molecule has 1 heterocycles. The summed E-state index contributed by atoms with van der Waals surface area (Å²) in [7, 11) is 1.70. The van der Waals surface area contributed by atoms with Crippen molar-refractivity contribution in [3.8, 4) is 6.01 Å². The van der Waals surface area contributed by atoms with E-state index in [1.54, 1.807) is 14.0 Å². The number of rotatable bonds is 8. The number of hydrogen-bond donors (Lipinski definition) is 3. The van der Waals surface area contributed by atoms with Crippen LogP contribution in [0.5, 0.6) is 6.01 Å². The number of hydrogen-bond acceptors (Lipinski definition) is 7. The van der Waals surface area contributed by atoms with E-state index in [-0.39, 0.29) is 11.9 Å². The second kappa shape index (κ2) is 8.23. The van der Waals surface area contributed by atoms with Gasteiger partial charge in [0.25, 0.3) is 0 Å². The van der Waals surface area contributed by atoms with E-state index < -0.39 is 6.04 Å². The van der Waals surface area contributed by atoms with Gasteiger partial charge in [-0.3, -0.25) is 4.79 Å². The summed E-state index contributed by atoms with van der Waals surface area (Å²) in [5.74, 6) is 0.975. The largest absolute Gasteiger partial charge is 0.464 e. The van der Waals surface area contributed by atoms with E-state index in [1.165, 1.54) is 0 Å². The Morgan fingerprint density at radius 3 is 2.43 bits per heavy atom. The molecule has 0 aliphatic carbocycles. The third-order valence-corrected chi connectivity index (χ3v) is 2.54. The first-order valence-corrected chi connectivity index (χ1v) is 7.07. The smallest absolute Gasteiger partial charge is 0.323 e. The molecule has 0 saturated carbocycles. The molecular weight excluding hydrogens is 272 g/mol. The second-order valence-electron chi connectivity index (χ2n) is 4.95. The summed E-state index contributed by atoms with van der Waals surface area (Å²) in [6, 6.07) is -0.237. The van der Waals surface area contributed by atoms with E-state index in [0.717, 1.165) is 0 Å². The molecule has 1 atom stereocenters. The van der Waals surface area contributed by atoms with Gasteiger partial charge in [-0.1, -0.05) is 13.8 Å². The molecular formula is C13H24N6O2. The van der Waals surface area contributed by atoms with Crippen molar-refractivity contribution < 1.29 is 9.53 Å². The molecule has 8 heteroatoms. The van der Waals surface area contributed by atoms with Crippen LogP contribution in [-0.2, 0) is 4.79 Å². The van der Waals surface area contributed by atoms with Crippen LogP contribution in [0.4, 0.5) is 11.9 Å². The quantitative estimate of drug-likeness (QED) is 0.654. The molecule has 1 unspecified atom stereocenters. The van der Waals surface area contributed by atoms with Crippen LogP contribution in [0.2, 0.25) is 0 Å². The van der Waals surface area contributed by atoms with Gasteiger partial charge in [0.05, 0.1) is 6.61 Å². The Morgan fingerprint density at radius 2 is 1.86 bits per heavy atom. The van der Waals surface area contributed by atoms with Crippen LogP contribution in [0.15, 0.2) is 0 Å². The molecule has 0 aromatic carbocycles. The number of anilines is 2. The number of aromatic nitrogens is 3. The first-order valence-electron chi connectivity index (χ1n) is 7.07. The Morgan fingerprint density at radius 1 is 1.19 bits per heavy atom. The Balaban J connectivity index is 2.72. The summed E-state index contributed by atoms with van der Waals surface area (Å²) >= 11 is 0. The topological polar surface area (TPSA) is 101 Å². The van der Waals surface area contributed by atoms with Gasteiger partial charge in [-0.15, -0.1) is 0 Å². The minimum absolute atomic E-state index is 0.104. The number of carbonyl (C=O) groups is 1. The molecule has 1 aromatic rings. The molecule has 1 aromatic heterocycles. The van der Waals surface area contributed by atoms with E-state index in [0.29, 0.717) is 31.0 Å². The van der Waals surface area contributed by atoms with Gasteiger partial charge in [0.15, 0.2) is 0 Å². The zero-order valence-corrected chi connectivity index (χ0v) is 13.2. The van der Waals surface area contributed by atoms with Gasteiger partial charge in [-0.2, -0.15) is 15.0 Å². The molecule has 0 aliphatic rings. The van der Waals surface area contributed by atoms with Crippen LogP contribution >= 0.6 is 0 Å². The van der Waals surface area contributed by atoms with E-state index in [2.05, 4.69) is 30.9 Å². The molecule has 21 heavy (non-hydrogen) atoms. The lowest BCUT2D eigenvalue weighted by molar-refractivity contribution is -0.121. The van der Waals surface area contributed by atoms with Gasteiger partial charge in [0.1, 0.15) is 6.04 Å². The second-order valence-corrected chi connectivity index (χ2v) is 4.95. The SMILES string of the molecule is CCOc1nc(NC)nc(NC(C)C(=O)NCC(C)C)n1. The Bertz CT molecular complexity index is 466. The van der Waals surface area contributed by atoms with Crippen LogP contribution in [0, 0.1) is 5.92 Å². The van der Waals surface area contributed by atoms with Crippen molar-refractivity contribution in [1.29, 1.82) is 0 Å². The predicted octanol–water partition coefficient (Wildman–Crippen LogP) is 0.885. The fourth-order valence-corrected chi connectivity index (χ4v) is 1.44. The normalized spacial score (nSPS) is 11.9. The van der Waals surface area contributed by atoms with Gasteiger partial charge >= 0.3 is 6.01 Å². The van der Waals surface area contributed by atoms with Crippen LogP contribution in [0.25, 0.3) is 0 Å². The average molecular weight is 296 g/mol. The van der Waals surface area contributed by atoms with Crippen LogP contribution in [0.3, 0.4) is 0 Å². The molecule has 0 fully saturated rings. The first kappa shape index (κ1) is 16.9. The average Bonchev–Trinajstić information content (AvgIpc) is 2.44. The van der Waals surface area contributed by atoms with Crippen molar-refractivity contribution in [2.45, 2.75) is 33.7 Å². The minimum atomic E-state index is -0.453. The lowest BCUT2D eigenvalue weighted by atomic mass is 10.2. The molecule has 3 N–H and O–H groups in total. The maximum Gasteiger partial charge on any atom is 0.323 e. The zero-order valence-electron chi connectivity index (χ0n) is 13.2. The fourth-order valence-electron chi connectivity index (χ4n) is 1.44. The summed E-state index contributed by atoms with van der Waals surface area (Å²) in [5.41, 5.74) is 0. The number of nitrogens with zero attached hydrogens (tertiary/aromatic N) is 3. The molecule has 8 nitrogen and oxygen atoms in total. The van der Waals surface area contributed by atoms with Gasteiger partial charge in [0, 0.05) is 13.6 Å². The van der Waals surface area contributed by atoms with Crippen molar-refractivity contribution in [1.82, 2.24) is 20.3 Å². The standard InChI is InChI=1S/C13H24N6O2/c1-6-21-13-18-11(14-5)17-12(19-13)16-9(4)10(20)15-7-8(2)3/h8-9H,6-7H2,1-5H3,(H,15,20)(H2,14,16,17,18,19). The number of amides is 1. The van der Waals surface area contributed by atoms with E-state index in [4.69, 9.17) is 4.74 Å². The molecule has 0 aliphatic heterocycles. The van der Waals surface area contributed by atoms with E-state index in [9.17, 15) is 4.79 Å². The van der Waals surface area contributed by atoms with E-state index in [1.807, 2.05) is 20.8 Å². The summed E-state index contributed by atoms with van der Waals surface area (Å²) in [6.45, 7) is 8.76. The zero-order chi connectivity index (χ0) is 15.8. The summed E-state index contributed by atoms with van der Waals surface area (Å²) in [4.78, 5) is 24.2. The molecule has 1 amide bonds. The fraction of sp³-hybridized carbons (Fsp3) is 0.692. The molecule has 1 rings (SSSR count). The number of nitrogens with one attached hydrogen (secondary N) is 3. The summed E-state index contributed by atoms with van der Waals surface area (Å²) < 4.78 is 5.27. The van der Waals surface area contributed by atoms with Crippen molar-refractivity contribution in [3.63, 3.8) is 0 Å². The lowest BCUT2D eigenvalue weighted by Crippen LogP contribution is -2.39. The first-order chi connectivity index (χ1) is 9.96. The molecule has 118 valence electrons. The highest BCUT2D eigenvalue weighted by Crippen LogP contribution is 2.11.